The highest BCUT2D eigenvalue weighted by Crippen LogP contribution is 2.32. The molecule has 3 heteroatoms. The van der Waals surface area contributed by atoms with Crippen LogP contribution in [0.5, 0.6) is 0 Å². The number of nitrogens with one attached hydrogen (secondary N) is 1. The first-order chi connectivity index (χ1) is 10.9. The summed E-state index contributed by atoms with van der Waals surface area (Å²) >= 11 is 0. The number of pyridine rings is 1. The zero-order valence-corrected chi connectivity index (χ0v) is 12.7. The van der Waals surface area contributed by atoms with Crippen molar-refractivity contribution in [1.29, 1.82) is 0 Å². The predicted octanol–water partition coefficient (Wildman–Crippen LogP) is 3.84. The first kappa shape index (κ1) is 13.1. The van der Waals surface area contributed by atoms with Crippen LogP contribution in [0.15, 0.2) is 54.7 Å². The highest BCUT2D eigenvalue weighted by molar-refractivity contribution is 6.00. The van der Waals surface area contributed by atoms with Crippen LogP contribution in [0.2, 0.25) is 0 Å². The zero-order chi connectivity index (χ0) is 14.9. The molecule has 0 aliphatic carbocycles. The van der Waals surface area contributed by atoms with E-state index in [1.165, 1.54) is 21.9 Å². The number of rotatable bonds is 2. The Bertz CT molecular complexity index is 826. The normalized spacial score (nSPS) is 14.0. The van der Waals surface area contributed by atoms with Gasteiger partial charge in [0.05, 0.1) is 11.9 Å². The molecule has 2 heterocycles. The lowest BCUT2D eigenvalue weighted by Gasteiger charge is -2.30. The molecule has 1 aliphatic heterocycles. The average molecular weight is 289 g/mol. The van der Waals surface area contributed by atoms with Gasteiger partial charge < -0.3 is 10.2 Å². The monoisotopic (exact) mass is 289 g/mol. The van der Waals surface area contributed by atoms with Crippen LogP contribution in [-0.4, -0.2) is 18.6 Å². The van der Waals surface area contributed by atoms with Crippen molar-refractivity contribution in [3.05, 3.63) is 65.9 Å². The molecule has 1 aromatic heterocycles. The Kier molecular flexibility index (Phi) is 3.19. The summed E-state index contributed by atoms with van der Waals surface area (Å²) in [5.41, 5.74) is 3.96. The summed E-state index contributed by atoms with van der Waals surface area (Å²) in [6.45, 7) is 1.96. The van der Waals surface area contributed by atoms with Crippen molar-refractivity contribution in [2.45, 2.75) is 13.0 Å². The molecule has 4 rings (SSSR count). The van der Waals surface area contributed by atoms with Crippen molar-refractivity contribution >= 4 is 22.3 Å². The summed E-state index contributed by atoms with van der Waals surface area (Å²) in [5, 5.41) is 5.68. The first-order valence-electron chi connectivity index (χ1n) is 7.74. The zero-order valence-electron chi connectivity index (χ0n) is 12.7. The number of nitrogens with zero attached hydrogens (tertiary/aromatic N) is 2. The number of hydrogen-bond acceptors (Lipinski definition) is 3. The van der Waals surface area contributed by atoms with Crippen LogP contribution in [-0.2, 0) is 13.0 Å². The largest absolute Gasteiger partial charge is 0.386 e. The Morgan fingerprint density at radius 2 is 1.68 bits per heavy atom. The summed E-state index contributed by atoms with van der Waals surface area (Å²) in [7, 11) is 1.94. The topological polar surface area (TPSA) is 28.2 Å². The Morgan fingerprint density at radius 3 is 2.50 bits per heavy atom. The van der Waals surface area contributed by atoms with Gasteiger partial charge in [0, 0.05) is 30.9 Å². The smallest absolute Gasteiger partial charge is 0.136 e. The van der Waals surface area contributed by atoms with Crippen molar-refractivity contribution in [3.8, 4) is 0 Å². The van der Waals surface area contributed by atoms with Crippen molar-refractivity contribution in [2.75, 3.05) is 23.8 Å². The van der Waals surface area contributed by atoms with Crippen molar-refractivity contribution in [1.82, 2.24) is 4.98 Å². The number of fused-ring (bicyclic) bond motifs is 2. The molecule has 0 unspecified atom stereocenters. The summed E-state index contributed by atoms with van der Waals surface area (Å²) in [5.74, 6) is 1.09. The highest BCUT2D eigenvalue weighted by Gasteiger charge is 2.19. The Balaban J connectivity index is 1.80. The molecule has 0 spiro atoms. The van der Waals surface area contributed by atoms with E-state index in [-0.39, 0.29) is 0 Å². The number of aromatic nitrogens is 1. The van der Waals surface area contributed by atoms with Gasteiger partial charge in [-0.2, -0.15) is 0 Å². The second kappa shape index (κ2) is 5.34. The van der Waals surface area contributed by atoms with E-state index in [1.54, 1.807) is 0 Å². The van der Waals surface area contributed by atoms with Crippen LogP contribution < -0.4 is 10.2 Å². The van der Waals surface area contributed by atoms with Crippen LogP contribution in [0.4, 0.5) is 11.5 Å². The van der Waals surface area contributed by atoms with E-state index >= 15 is 0 Å². The molecule has 22 heavy (non-hydrogen) atoms. The molecule has 0 saturated carbocycles. The lowest BCUT2D eigenvalue weighted by molar-refractivity contribution is 0.724. The van der Waals surface area contributed by atoms with E-state index in [2.05, 4.69) is 58.7 Å². The molecule has 0 bridgehead atoms. The standard InChI is InChI=1S/C19H19N3/c1-20-18-12-21-19(17-9-5-4-8-16(17)18)22-11-10-14-6-2-3-7-15(14)13-22/h2-9,12,20H,10-11,13H2,1H3. The van der Waals surface area contributed by atoms with Gasteiger partial charge in [0.25, 0.3) is 0 Å². The fraction of sp³-hybridized carbons (Fsp3) is 0.211. The first-order valence-corrected chi connectivity index (χ1v) is 7.74. The molecule has 110 valence electrons. The molecule has 3 aromatic rings. The van der Waals surface area contributed by atoms with Gasteiger partial charge in [0.15, 0.2) is 0 Å². The molecule has 0 amide bonds. The molecule has 0 fully saturated rings. The molecular formula is C19H19N3. The van der Waals surface area contributed by atoms with Gasteiger partial charge in [-0.3, -0.25) is 0 Å². The summed E-state index contributed by atoms with van der Waals surface area (Å²) in [6.07, 6.45) is 3.03. The third kappa shape index (κ3) is 2.10. The van der Waals surface area contributed by atoms with E-state index in [9.17, 15) is 0 Å². The van der Waals surface area contributed by atoms with Gasteiger partial charge in [-0.25, -0.2) is 4.98 Å². The molecule has 0 radical (unpaired) electrons. The third-order valence-electron chi connectivity index (χ3n) is 4.47. The van der Waals surface area contributed by atoms with Gasteiger partial charge in [-0.05, 0) is 17.5 Å². The van der Waals surface area contributed by atoms with Crippen LogP contribution in [0.25, 0.3) is 10.8 Å². The second-order valence-electron chi connectivity index (χ2n) is 5.73. The quantitative estimate of drug-likeness (QED) is 0.777. The maximum Gasteiger partial charge on any atom is 0.136 e. The van der Waals surface area contributed by atoms with Crippen molar-refractivity contribution in [2.24, 2.45) is 0 Å². The van der Waals surface area contributed by atoms with Crippen LogP contribution >= 0.6 is 0 Å². The molecule has 1 N–H and O–H groups in total. The Hall–Kier alpha value is -2.55. The lowest BCUT2D eigenvalue weighted by Crippen LogP contribution is -2.31. The molecule has 2 aromatic carbocycles. The molecule has 0 atom stereocenters. The molecular weight excluding hydrogens is 270 g/mol. The SMILES string of the molecule is CNc1cnc(N2CCc3ccccc3C2)c2ccccc12. The second-order valence-corrected chi connectivity index (χ2v) is 5.73. The number of hydrogen-bond donors (Lipinski definition) is 1. The fourth-order valence-electron chi connectivity index (χ4n) is 3.31. The summed E-state index contributed by atoms with van der Waals surface area (Å²) < 4.78 is 0. The van der Waals surface area contributed by atoms with Gasteiger partial charge in [0.1, 0.15) is 5.82 Å². The summed E-state index contributed by atoms with van der Waals surface area (Å²) in [6, 6.07) is 17.2. The van der Waals surface area contributed by atoms with E-state index in [0.29, 0.717) is 0 Å². The Labute approximate surface area is 130 Å². The summed E-state index contributed by atoms with van der Waals surface area (Å²) in [4.78, 5) is 7.13. The maximum atomic E-state index is 4.74. The van der Waals surface area contributed by atoms with Crippen molar-refractivity contribution < 1.29 is 0 Å². The Morgan fingerprint density at radius 1 is 0.955 bits per heavy atom. The van der Waals surface area contributed by atoms with E-state index < -0.39 is 0 Å². The third-order valence-corrected chi connectivity index (χ3v) is 4.47. The molecule has 3 nitrogen and oxygen atoms in total. The van der Waals surface area contributed by atoms with Crippen molar-refractivity contribution in [3.63, 3.8) is 0 Å². The number of benzene rings is 2. The molecule has 0 saturated heterocycles. The fourth-order valence-corrected chi connectivity index (χ4v) is 3.31. The number of anilines is 2. The van der Waals surface area contributed by atoms with Crippen LogP contribution in [0, 0.1) is 0 Å². The minimum atomic E-state index is 0.937. The average Bonchev–Trinajstić information content (AvgIpc) is 2.60. The van der Waals surface area contributed by atoms with Gasteiger partial charge in [0.2, 0.25) is 0 Å². The van der Waals surface area contributed by atoms with E-state index in [4.69, 9.17) is 4.98 Å². The van der Waals surface area contributed by atoms with Crippen LogP contribution in [0.1, 0.15) is 11.1 Å². The molecule has 1 aliphatic rings. The van der Waals surface area contributed by atoms with E-state index in [1.807, 2.05) is 13.2 Å². The van der Waals surface area contributed by atoms with Gasteiger partial charge in [-0.1, -0.05) is 48.5 Å². The predicted molar refractivity (Wildman–Crippen MR) is 92.5 cm³/mol. The minimum Gasteiger partial charge on any atom is -0.386 e. The highest BCUT2D eigenvalue weighted by atomic mass is 15.2. The van der Waals surface area contributed by atoms with Gasteiger partial charge in [-0.15, -0.1) is 0 Å². The maximum absolute atomic E-state index is 4.74. The minimum absolute atomic E-state index is 0.937. The van der Waals surface area contributed by atoms with E-state index in [0.717, 1.165) is 31.0 Å². The van der Waals surface area contributed by atoms with Gasteiger partial charge >= 0.3 is 0 Å². The lowest BCUT2D eigenvalue weighted by atomic mass is 9.99. The van der Waals surface area contributed by atoms with Crippen LogP contribution in [0.3, 0.4) is 0 Å².